The van der Waals surface area contributed by atoms with Gasteiger partial charge >= 0.3 is 11.8 Å². The van der Waals surface area contributed by atoms with Crippen LogP contribution in [0.25, 0.3) is 0 Å². The number of aryl methyl sites for hydroxylation is 1. The van der Waals surface area contributed by atoms with Gasteiger partial charge in [-0.2, -0.15) is 9.41 Å². The van der Waals surface area contributed by atoms with E-state index in [1.54, 1.807) is 54.6 Å². The lowest BCUT2D eigenvalue weighted by Crippen LogP contribution is -2.39. The molecule has 38 heavy (non-hydrogen) atoms. The van der Waals surface area contributed by atoms with Crippen molar-refractivity contribution in [3.63, 3.8) is 0 Å². The maximum absolute atomic E-state index is 13.5. The number of benzene rings is 2. The fourth-order valence-electron chi connectivity index (χ4n) is 3.20. The van der Waals surface area contributed by atoms with Crippen LogP contribution in [0.1, 0.15) is 22.6 Å². The summed E-state index contributed by atoms with van der Waals surface area (Å²) in [5.74, 6) is -1.26. The van der Waals surface area contributed by atoms with Crippen LogP contribution in [0.3, 0.4) is 0 Å². The number of carbonyl (C=O) groups excluding carboxylic acids is 2. The molecule has 1 aromatic heterocycles. The summed E-state index contributed by atoms with van der Waals surface area (Å²) in [7, 11) is -2.45. The number of nitrogens with zero attached hydrogens (tertiary/aromatic N) is 2. The number of furan rings is 1. The summed E-state index contributed by atoms with van der Waals surface area (Å²) in [4.78, 5) is 23.5. The van der Waals surface area contributed by atoms with Crippen LogP contribution >= 0.6 is 23.2 Å². The van der Waals surface area contributed by atoms with Crippen molar-refractivity contribution in [3.8, 4) is 0 Å². The largest absolute Gasteiger partial charge is 0.459 e. The van der Waals surface area contributed by atoms with Crippen molar-refractivity contribution >= 4 is 51.3 Å². The second kappa shape index (κ2) is 13.5. The highest BCUT2D eigenvalue weighted by Gasteiger charge is 2.26. The Kier molecular flexibility index (Phi) is 10.5. The molecule has 0 fully saturated rings. The van der Waals surface area contributed by atoms with Gasteiger partial charge in [0.1, 0.15) is 11.5 Å². The Hall–Kier alpha value is -3.22. The number of ether oxygens (including phenoxy) is 1. The number of hydrogen-bond donors (Lipinski definition) is 2. The molecule has 0 saturated carbocycles. The van der Waals surface area contributed by atoms with Gasteiger partial charge in [0, 0.05) is 20.2 Å². The highest BCUT2D eigenvalue weighted by molar-refractivity contribution is 7.89. The molecule has 0 aliphatic carbocycles. The number of nitrogens with one attached hydrogen (secondary N) is 2. The maximum Gasteiger partial charge on any atom is 0.329 e. The third kappa shape index (κ3) is 8.14. The van der Waals surface area contributed by atoms with Crippen LogP contribution in [0.15, 0.2) is 69.0 Å². The van der Waals surface area contributed by atoms with E-state index >= 15 is 0 Å². The normalized spacial score (nSPS) is 11.7. The van der Waals surface area contributed by atoms with E-state index in [-0.39, 0.29) is 36.9 Å². The first-order valence-corrected chi connectivity index (χ1v) is 13.5. The fraction of sp³-hybridized carbons (Fsp3) is 0.240. The molecular formula is C25H26Cl2N4O6S. The van der Waals surface area contributed by atoms with E-state index in [4.69, 9.17) is 32.4 Å². The molecule has 202 valence electrons. The minimum absolute atomic E-state index is 0.00542. The number of sulfonamides is 1. The fourth-order valence-corrected chi connectivity index (χ4v) is 4.92. The highest BCUT2D eigenvalue weighted by Crippen LogP contribution is 2.26. The molecule has 2 N–H and O–H groups in total. The molecule has 0 radical (unpaired) electrons. The number of hydrazone groups is 1. The lowest BCUT2D eigenvalue weighted by atomic mass is 10.2. The topological polar surface area (TPSA) is 130 Å². The van der Waals surface area contributed by atoms with E-state index < -0.39 is 21.8 Å². The molecule has 0 atom stereocenters. The Morgan fingerprint density at radius 3 is 2.45 bits per heavy atom. The minimum atomic E-state index is -3.92. The molecule has 1 heterocycles. The number of hydrogen-bond acceptors (Lipinski definition) is 7. The Bertz CT molecular complexity index is 1410. The summed E-state index contributed by atoms with van der Waals surface area (Å²) < 4.78 is 38.8. The molecule has 3 aromatic rings. The lowest BCUT2D eigenvalue weighted by molar-refractivity contribution is -0.139. The van der Waals surface area contributed by atoms with Crippen LogP contribution in [0, 0.1) is 6.92 Å². The molecule has 13 heteroatoms. The molecule has 0 aliphatic heterocycles. The van der Waals surface area contributed by atoms with Gasteiger partial charge in [0.15, 0.2) is 0 Å². The number of methoxy groups -OCH3 is 1. The van der Waals surface area contributed by atoms with E-state index in [1.165, 1.54) is 17.6 Å². The Morgan fingerprint density at radius 2 is 1.76 bits per heavy atom. The number of rotatable bonds is 11. The predicted octanol–water partition coefficient (Wildman–Crippen LogP) is 3.50. The third-order valence-electron chi connectivity index (χ3n) is 5.17. The smallest absolute Gasteiger partial charge is 0.329 e. The van der Waals surface area contributed by atoms with E-state index in [2.05, 4.69) is 15.8 Å². The van der Waals surface area contributed by atoms with Crippen LogP contribution in [0.5, 0.6) is 0 Å². The van der Waals surface area contributed by atoms with Gasteiger partial charge in [0.05, 0.1) is 34.3 Å². The maximum atomic E-state index is 13.5. The molecule has 0 saturated heterocycles. The predicted molar refractivity (Wildman–Crippen MR) is 143 cm³/mol. The summed E-state index contributed by atoms with van der Waals surface area (Å²) in [6, 6.07) is 14.6. The van der Waals surface area contributed by atoms with Crippen molar-refractivity contribution in [1.29, 1.82) is 0 Å². The zero-order chi connectivity index (χ0) is 27.7. The molecular weight excluding hydrogens is 555 g/mol. The van der Waals surface area contributed by atoms with E-state index in [0.717, 1.165) is 5.56 Å². The van der Waals surface area contributed by atoms with Gasteiger partial charge in [-0.3, -0.25) is 9.59 Å². The molecule has 2 amide bonds. The minimum Gasteiger partial charge on any atom is -0.459 e. The average Bonchev–Trinajstić information content (AvgIpc) is 3.33. The summed E-state index contributed by atoms with van der Waals surface area (Å²) in [6.45, 7) is 2.22. The lowest BCUT2D eigenvalue weighted by Gasteiger charge is -2.22. The van der Waals surface area contributed by atoms with E-state index in [9.17, 15) is 18.0 Å². The Morgan fingerprint density at radius 1 is 1.03 bits per heavy atom. The molecule has 0 spiro atoms. The second-order valence-electron chi connectivity index (χ2n) is 8.09. The van der Waals surface area contributed by atoms with Crippen molar-refractivity contribution < 1.29 is 27.2 Å². The molecule has 0 unspecified atom stereocenters. The van der Waals surface area contributed by atoms with Crippen molar-refractivity contribution in [2.75, 3.05) is 20.3 Å². The number of carbonyl (C=O) groups is 2. The van der Waals surface area contributed by atoms with Gasteiger partial charge in [-0.1, -0.05) is 47.0 Å². The summed E-state index contributed by atoms with van der Waals surface area (Å²) >= 11 is 12.2. The van der Waals surface area contributed by atoms with Gasteiger partial charge in [0.2, 0.25) is 10.0 Å². The summed E-state index contributed by atoms with van der Waals surface area (Å²) in [5.41, 5.74) is 3.65. The quantitative estimate of drug-likeness (QED) is 0.154. The SMILES string of the molecule is COCCNC(=O)C(=O)N/N=C/c1ccc(CN(Cc2ccc(Cl)c(Cl)c2)S(=O)(=O)c2ccc(C)cc2)o1. The standard InChI is InChI=1S/C25H26Cl2N4O6S/c1-17-3-8-21(9-4-17)38(34,35)31(15-18-5-10-22(26)23(27)13-18)16-20-7-6-19(37-20)14-29-30-25(33)24(32)28-11-12-36-2/h3-10,13-14H,11-12,15-16H2,1-2H3,(H,28,32)(H,30,33)/b29-14+. The zero-order valence-corrected chi connectivity index (χ0v) is 22.9. The van der Waals surface area contributed by atoms with Gasteiger partial charge in [-0.25, -0.2) is 13.8 Å². The Balaban J connectivity index is 1.75. The summed E-state index contributed by atoms with van der Waals surface area (Å²) in [5, 5.41) is 6.73. The van der Waals surface area contributed by atoms with Crippen molar-refractivity contribution in [3.05, 3.63) is 87.3 Å². The van der Waals surface area contributed by atoms with Gasteiger partial charge in [0.25, 0.3) is 0 Å². The van der Waals surface area contributed by atoms with Crippen LogP contribution < -0.4 is 10.7 Å². The first-order valence-electron chi connectivity index (χ1n) is 11.3. The first-order chi connectivity index (χ1) is 18.1. The van der Waals surface area contributed by atoms with Crippen molar-refractivity contribution in [1.82, 2.24) is 15.0 Å². The van der Waals surface area contributed by atoms with Gasteiger partial charge in [-0.05, 0) is 48.9 Å². The zero-order valence-electron chi connectivity index (χ0n) is 20.6. The van der Waals surface area contributed by atoms with Crippen molar-refractivity contribution in [2.24, 2.45) is 5.10 Å². The van der Waals surface area contributed by atoms with Crippen LogP contribution in [-0.2, 0) is 37.4 Å². The molecule has 0 aliphatic rings. The molecule has 3 rings (SSSR count). The van der Waals surface area contributed by atoms with Crippen LogP contribution in [-0.4, -0.2) is 51.0 Å². The second-order valence-corrected chi connectivity index (χ2v) is 10.8. The number of halogens is 2. The van der Waals surface area contributed by atoms with Crippen LogP contribution in [0.2, 0.25) is 10.0 Å². The molecule has 2 aromatic carbocycles. The van der Waals surface area contributed by atoms with Gasteiger partial charge in [-0.15, -0.1) is 0 Å². The number of amides is 2. The van der Waals surface area contributed by atoms with Crippen LogP contribution in [0.4, 0.5) is 0 Å². The molecule has 10 nitrogen and oxygen atoms in total. The Labute approximate surface area is 230 Å². The van der Waals surface area contributed by atoms with Crippen molar-refractivity contribution in [2.45, 2.75) is 24.9 Å². The highest BCUT2D eigenvalue weighted by atomic mass is 35.5. The third-order valence-corrected chi connectivity index (χ3v) is 7.72. The van der Waals surface area contributed by atoms with E-state index in [0.29, 0.717) is 21.4 Å². The van der Waals surface area contributed by atoms with E-state index in [1.807, 2.05) is 6.92 Å². The summed E-state index contributed by atoms with van der Waals surface area (Å²) in [6.07, 6.45) is 1.20. The van der Waals surface area contributed by atoms with Gasteiger partial charge < -0.3 is 14.5 Å². The first kappa shape index (κ1) is 29.3. The average molecular weight is 581 g/mol. The monoisotopic (exact) mass is 580 g/mol. The molecule has 0 bridgehead atoms.